The van der Waals surface area contributed by atoms with Crippen molar-refractivity contribution < 1.29 is 9.90 Å². The molecule has 1 fully saturated rings. The van der Waals surface area contributed by atoms with E-state index in [0.29, 0.717) is 0 Å². The number of carbonyl (C=O) groups is 1. The molecule has 4 nitrogen and oxygen atoms in total. The van der Waals surface area contributed by atoms with Crippen LogP contribution in [0.15, 0.2) is 24.4 Å². The fourth-order valence-corrected chi connectivity index (χ4v) is 3.37. The zero-order valence-electron chi connectivity index (χ0n) is 11.1. The summed E-state index contributed by atoms with van der Waals surface area (Å²) in [7, 11) is 1.88. The van der Waals surface area contributed by atoms with Crippen LogP contribution in [-0.4, -0.2) is 20.9 Å². The Balaban J connectivity index is 2.26. The smallest absolute Gasteiger partial charge is 0.314 e. The van der Waals surface area contributed by atoms with E-state index in [2.05, 4.69) is 5.10 Å². The number of carboxylic acids is 1. The van der Waals surface area contributed by atoms with Crippen molar-refractivity contribution in [2.24, 2.45) is 7.05 Å². The van der Waals surface area contributed by atoms with Gasteiger partial charge < -0.3 is 5.11 Å². The number of nitrogens with zero attached hydrogens (tertiary/aromatic N) is 2. The number of fused-ring (bicyclic) bond motifs is 1. The highest BCUT2D eigenvalue weighted by Crippen LogP contribution is 2.42. The first kappa shape index (κ1) is 12.2. The molecular weight excluding hydrogens is 240 g/mol. The van der Waals surface area contributed by atoms with Gasteiger partial charge in [0, 0.05) is 12.4 Å². The van der Waals surface area contributed by atoms with E-state index < -0.39 is 11.4 Å². The summed E-state index contributed by atoms with van der Waals surface area (Å²) in [6.45, 7) is 0. The molecule has 19 heavy (non-hydrogen) atoms. The van der Waals surface area contributed by atoms with Gasteiger partial charge in [-0.05, 0) is 18.4 Å². The Hall–Kier alpha value is -1.84. The van der Waals surface area contributed by atoms with Crippen molar-refractivity contribution >= 4 is 16.9 Å². The van der Waals surface area contributed by atoms with Gasteiger partial charge in [-0.25, -0.2) is 0 Å². The fourth-order valence-electron chi connectivity index (χ4n) is 3.37. The summed E-state index contributed by atoms with van der Waals surface area (Å²) in [4.78, 5) is 11.9. The van der Waals surface area contributed by atoms with Gasteiger partial charge >= 0.3 is 5.97 Å². The van der Waals surface area contributed by atoms with E-state index in [4.69, 9.17) is 0 Å². The maximum absolute atomic E-state index is 11.9. The van der Waals surface area contributed by atoms with Gasteiger partial charge in [-0.1, -0.05) is 37.5 Å². The predicted octanol–water partition coefficient (Wildman–Crippen LogP) is 2.86. The normalized spacial score (nSPS) is 18.6. The topological polar surface area (TPSA) is 55.1 Å². The van der Waals surface area contributed by atoms with E-state index in [1.165, 1.54) is 0 Å². The Labute approximate surface area is 112 Å². The van der Waals surface area contributed by atoms with Crippen LogP contribution >= 0.6 is 0 Å². The molecule has 0 unspecified atom stereocenters. The second-order valence-corrected chi connectivity index (χ2v) is 5.46. The van der Waals surface area contributed by atoms with Crippen LogP contribution in [-0.2, 0) is 17.3 Å². The number of aryl methyl sites for hydroxylation is 1. The number of rotatable bonds is 2. The Kier molecular flexibility index (Phi) is 2.81. The van der Waals surface area contributed by atoms with Crippen LogP contribution in [0.5, 0.6) is 0 Å². The molecule has 1 saturated carbocycles. The summed E-state index contributed by atoms with van der Waals surface area (Å²) in [5.74, 6) is -0.694. The van der Waals surface area contributed by atoms with E-state index in [0.717, 1.165) is 48.6 Å². The molecule has 0 aliphatic heterocycles. The van der Waals surface area contributed by atoms with Crippen molar-refractivity contribution in [3.05, 3.63) is 30.0 Å². The second kappa shape index (κ2) is 4.37. The number of aromatic nitrogens is 2. The average molecular weight is 258 g/mol. The summed E-state index contributed by atoms with van der Waals surface area (Å²) in [6.07, 6.45) is 6.37. The van der Waals surface area contributed by atoms with Gasteiger partial charge in [-0.2, -0.15) is 5.10 Å². The lowest BCUT2D eigenvalue weighted by Crippen LogP contribution is -2.38. The van der Waals surface area contributed by atoms with Gasteiger partial charge in [0.25, 0.3) is 0 Å². The average Bonchev–Trinajstić information content (AvgIpc) is 2.81. The molecule has 0 amide bonds. The lowest BCUT2D eigenvalue weighted by Gasteiger charge is -2.34. The van der Waals surface area contributed by atoms with Gasteiger partial charge in [-0.3, -0.25) is 9.48 Å². The van der Waals surface area contributed by atoms with Crippen LogP contribution in [0.1, 0.15) is 37.7 Å². The quantitative estimate of drug-likeness (QED) is 0.901. The largest absolute Gasteiger partial charge is 0.481 e. The van der Waals surface area contributed by atoms with Crippen LogP contribution < -0.4 is 0 Å². The Morgan fingerprint density at radius 1 is 1.32 bits per heavy atom. The predicted molar refractivity (Wildman–Crippen MR) is 73.1 cm³/mol. The molecule has 0 spiro atoms. The van der Waals surface area contributed by atoms with Gasteiger partial charge in [-0.15, -0.1) is 0 Å². The van der Waals surface area contributed by atoms with E-state index >= 15 is 0 Å². The van der Waals surface area contributed by atoms with Gasteiger partial charge in [0.2, 0.25) is 0 Å². The number of hydrogen-bond donors (Lipinski definition) is 1. The molecular formula is C15H18N2O2. The van der Waals surface area contributed by atoms with Gasteiger partial charge in [0.15, 0.2) is 0 Å². The standard InChI is InChI=1S/C15H18N2O2/c1-17-13-11(10-16-17)6-5-7-12(13)15(14(18)19)8-3-2-4-9-15/h5-7,10H,2-4,8-9H2,1H3,(H,18,19). The van der Waals surface area contributed by atoms with Crippen molar-refractivity contribution in [2.75, 3.05) is 0 Å². The minimum Gasteiger partial charge on any atom is -0.481 e. The molecule has 3 rings (SSSR count). The maximum Gasteiger partial charge on any atom is 0.314 e. The maximum atomic E-state index is 11.9. The van der Waals surface area contributed by atoms with E-state index in [-0.39, 0.29) is 0 Å². The van der Waals surface area contributed by atoms with Gasteiger partial charge in [0.05, 0.1) is 17.1 Å². The number of para-hydroxylation sites is 1. The Morgan fingerprint density at radius 2 is 2.05 bits per heavy atom. The van der Waals surface area contributed by atoms with E-state index in [1.54, 1.807) is 10.9 Å². The highest BCUT2D eigenvalue weighted by molar-refractivity contribution is 5.91. The molecule has 1 aliphatic carbocycles. The molecule has 1 aliphatic rings. The summed E-state index contributed by atoms with van der Waals surface area (Å²) in [5.41, 5.74) is 1.16. The third kappa shape index (κ3) is 1.74. The zero-order valence-corrected chi connectivity index (χ0v) is 11.1. The Bertz CT molecular complexity index is 624. The zero-order chi connectivity index (χ0) is 13.5. The molecule has 1 aromatic heterocycles. The van der Waals surface area contributed by atoms with Crippen molar-refractivity contribution in [1.29, 1.82) is 0 Å². The molecule has 1 aromatic carbocycles. The third-order valence-corrected chi connectivity index (χ3v) is 4.39. The SMILES string of the molecule is Cn1ncc2cccc(C3(C(=O)O)CCCCC3)c21. The first-order valence-corrected chi connectivity index (χ1v) is 6.80. The third-order valence-electron chi connectivity index (χ3n) is 4.39. The van der Waals surface area contributed by atoms with Crippen LogP contribution in [0.25, 0.3) is 10.9 Å². The van der Waals surface area contributed by atoms with Gasteiger partial charge in [0.1, 0.15) is 0 Å². The molecule has 0 radical (unpaired) electrons. The summed E-state index contributed by atoms with van der Waals surface area (Å²) < 4.78 is 1.80. The summed E-state index contributed by atoms with van der Waals surface area (Å²) in [5, 5.41) is 15.1. The molecule has 4 heteroatoms. The first-order chi connectivity index (χ1) is 9.15. The van der Waals surface area contributed by atoms with E-state index in [9.17, 15) is 9.90 Å². The van der Waals surface area contributed by atoms with E-state index in [1.807, 2.05) is 25.2 Å². The molecule has 100 valence electrons. The monoisotopic (exact) mass is 258 g/mol. The van der Waals surface area contributed by atoms with Crippen molar-refractivity contribution in [1.82, 2.24) is 9.78 Å². The molecule has 1 heterocycles. The van der Waals surface area contributed by atoms with Crippen LogP contribution in [0.3, 0.4) is 0 Å². The van der Waals surface area contributed by atoms with Crippen LogP contribution in [0.2, 0.25) is 0 Å². The second-order valence-electron chi connectivity index (χ2n) is 5.46. The summed E-state index contributed by atoms with van der Waals surface area (Å²) in [6, 6.07) is 5.90. The molecule has 0 saturated heterocycles. The van der Waals surface area contributed by atoms with Crippen molar-refractivity contribution in [3.8, 4) is 0 Å². The highest BCUT2D eigenvalue weighted by Gasteiger charge is 2.42. The minimum absolute atomic E-state index is 0.694. The van der Waals surface area contributed by atoms with Crippen molar-refractivity contribution in [3.63, 3.8) is 0 Å². The Morgan fingerprint density at radius 3 is 2.74 bits per heavy atom. The first-order valence-electron chi connectivity index (χ1n) is 6.80. The highest BCUT2D eigenvalue weighted by atomic mass is 16.4. The number of aliphatic carboxylic acids is 1. The number of hydrogen-bond acceptors (Lipinski definition) is 2. The molecule has 0 atom stereocenters. The molecule has 2 aromatic rings. The summed E-state index contributed by atoms with van der Waals surface area (Å²) >= 11 is 0. The lowest BCUT2D eigenvalue weighted by atomic mass is 9.69. The van der Waals surface area contributed by atoms with Crippen LogP contribution in [0.4, 0.5) is 0 Å². The molecule has 1 N–H and O–H groups in total. The van der Waals surface area contributed by atoms with Crippen LogP contribution in [0, 0.1) is 0 Å². The number of benzene rings is 1. The minimum atomic E-state index is -0.731. The number of carboxylic acid groups (broad SMARTS) is 1. The lowest BCUT2D eigenvalue weighted by molar-refractivity contribution is -0.145. The van der Waals surface area contributed by atoms with Crippen molar-refractivity contribution in [2.45, 2.75) is 37.5 Å². The fraction of sp³-hybridized carbons (Fsp3) is 0.467. The molecule has 0 bridgehead atoms.